The van der Waals surface area contributed by atoms with Crippen LogP contribution in [0, 0.1) is 5.92 Å². The molecular formula is C10H22N2O2. The predicted molar refractivity (Wildman–Crippen MR) is 56.1 cm³/mol. The van der Waals surface area contributed by atoms with Crippen molar-refractivity contribution >= 4 is 0 Å². The van der Waals surface area contributed by atoms with Gasteiger partial charge in [0.25, 0.3) is 0 Å². The highest BCUT2D eigenvalue weighted by Gasteiger charge is 2.16. The first-order valence-electron chi connectivity index (χ1n) is 5.36. The molecule has 0 aromatic rings. The van der Waals surface area contributed by atoms with Crippen molar-refractivity contribution in [2.75, 3.05) is 39.9 Å². The molecule has 0 radical (unpaired) electrons. The lowest BCUT2D eigenvalue weighted by molar-refractivity contribution is 0.0487. The van der Waals surface area contributed by atoms with Gasteiger partial charge in [0.05, 0.1) is 6.10 Å². The molecule has 0 bridgehead atoms. The average molecular weight is 202 g/mol. The van der Waals surface area contributed by atoms with E-state index in [2.05, 4.69) is 4.90 Å². The zero-order valence-electron chi connectivity index (χ0n) is 8.98. The number of aliphatic hydroxyl groups excluding tert-OH is 1. The Morgan fingerprint density at radius 1 is 1.50 bits per heavy atom. The number of aliphatic hydroxyl groups is 1. The van der Waals surface area contributed by atoms with E-state index in [1.165, 1.54) is 0 Å². The van der Waals surface area contributed by atoms with E-state index in [-0.39, 0.29) is 6.10 Å². The van der Waals surface area contributed by atoms with E-state index in [1.54, 1.807) is 0 Å². The second-order valence-electron chi connectivity index (χ2n) is 4.17. The maximum atomic E-state index is 9.37. The summed E-state index contributed by atoms with van der Waals surface area (Å²) in [5, 5.41) is 9.37. The van der Waals surface area contributed by atoms with Gasteiger partial charge in [0.1, 0.15) is 0 Å². The monoisotopic (exact) mass is 202 g/mol. The lowest BCUT2D eigenvalue weighted by Crippen LogP contribution is -2.37. The van der Waals surface area contributed by atoms with E-state index in [0.717, 1.165) is 38.5 Å². The van der Waals surface area contributed by atoms with Crippen molar-refractivity contribution in [3.63, 3.8) is 0 Å². The van der Waals surface area contributed by atoms with E-state index in [9.17, 15) is 5.11 Å². The number of nitrogens with zero attached hydrogens (tertiary/aromatic N) is 1. The molecule has 1 atom stereocenters. The summed E-state index contributed by atoms with van der Waals surface area (Å²) in [6.45, 7) is 3.84. The van der Waals surface area contributed by atoms with Crippen molar-refractivity contribution < 1.29 is 9.84 Å². The minimum Gasteiger partial charge on any atom is -0.390 e. The van der Waals surface area contributed by atoms with Crippen LogP contribution in [0.1, 0.15) is 12.8 Å². The van der Waals surface area contributed by atoms with Crippen molar-refractivity contribution in [3.05, 3.63) is 0 Å². The predicted octanol–water partition coefficient (Wildman–Crippen LogP) is -0.336. The summed E-state index contributed by atoms with van der Waals surface area (Å²) in [6, 6.07) is 0. The summed E-state index contributed by atoms with van der Waals surface area (Å²) >= 11 is 0. The van der Waals surface area contributed by atoms with Crippen LogP contribution in [0.25, 0.3) is 0 Å². The van der Waals surface area contributed by atoms with Gasteiger partial charge in [0.15, 0.2) is 0 Å². The normalized spacial score (nSPS) is 21.4. The molecule has 1 aliphatic rings. The maximum Gasteiger partial charge on any atom is 0.0788 e. The van der Waals surface area contributed by atoms with Crippen molar-refractivity contribution in [3.8, 4) is 0 Å². The van der Waals surface area contributed by atoms with Crippen molar-refractivity contribution in [2.45, 2.75) is 18.9 Å². The molecule has 84 valence electrons. The zero-order valence-corrected chi connectivity index (χ0v) is 8.98. The summed E-state index contributed by atoms with van der Waals surface area (Å²) < 4.78 is 5.30. The number of nitrogens with two attached hydrogens (primary N) is 1. The van der Waals surface area contributed by atoms with Crippen molar-refractivity contribution in [2.24, 2.45) is 11.7 Å². The van der Waals surface area contributed by atoms with E-state index in [1.807, 2.05) is 7.05 Å². The van der Waals surface area contributed by atoms with Crippen LogP contribution in [0.4, 0.5) is 0 Å². The average Bonchev–Trinajstić information content (AvgIpc) is 2.19. The minimum atomic E-state index is -0.389. The molecule has 4 heteroatoms. The molecule has 14 heavy (non-hydrogen) atoms. The molecule has 1 heterocycles. The highest BCUT2D eigenvalue weighted by molar-refractivity contribution is 4.69. The molecule has 4 nitrogen and oxygen atoms in total. The number of rotatable bonds is 5. The third-order valence-corrected chi connectivity index (χ3v) is 2.71. The Morgan fingerprint density at radius 2 is 2.14 bits per heavy atom. The van der Waals surface area contributed by atoms with Crippen LogP contribution >= 0.6 is 0 Å². The van der Waals surface area contributed by atoms with Gasteiger partial charge in [-0.1, -0.05) is 0 Å². The lowest BCUT2D eigenvalue weighted by atomic mass is 10.00. The van der Waals surface area contributed by atoms with Crippen LogP contribution in [0.3, 0.4) is 0 Å². The van der Waals surface area contributed by atoms with E-state index < -0.39 is 0 Å². The third kappa shape index (κ3) is 4.37. The summed E-state index contributed by atoms with van der Waals surface area (Å²) in [5.41, 5.74) is 5.36. The number of ether oxygens (including phenoxy) is 1. The van der Waals surface area contributed by atoms with Gasteiger partial charge < -0.3 is 20.5 Å². The second-order valence-corrected chi connectivity index (χ2v) is 4.17. The molecule has 1 aliphatic heterocycles. The van der Waals surface area contributed by atoms with Crippen LogP contribution in [0.15, 0.2) is 0 Å². The lowest BCUT2D eigenvalue weighted by Gasteiger charge is -2.28. The van der Waals surface area contributed by atoms with E-state index in [4.69, 9.17) is 10.5 Å². The van der Waals surface area contributed by atoms with E-state index >= 15 is 0 Å². The molecule has 1 fully saturated rings. The Bertz CT molecular complexity index is 149. The molecular weight excluding hydrogens is 180 g/mol. The van der Waals surface area contributed by atoms with Gasteiger partial charge in [-0.2, -0.15) is 0 Å². The van der Waals surface area contributed by atoms with Gasteiger partial charge >= 0.3 is 0 Å². The summed E-state index contributed by atoms with van der Waals surface area (Å²) in [4.78, 5) is 2.16. The number of likely N-dealkylation sites (N-methyl/N-ethyl adjacent to an activating group) is 1. The van der Waals surface area contributed by atoms with Gasteiger partial charge in [-0.15, -0.1) is 0 Å². The van der Waals surface area contributed by atoms with Crippen LogP contribution in [-0.2, 0) is 4.74 Å². The summed E-state index contributed by atoms with van der Waals surface area (Å²) in [7, 11) is 2.04. The van der Waals surface area contributed by atoms with Gasteiger partial charge in [0.2, 0.25) is 0 Å². The fraction of sp³-hybridized carbons (Fsp3) is 1.00. The molecule has 0 aromatic heterocycles. The van der Waals surface area contributed by atoms with Crippen LogP contribution < -0.4 is 5.73 Å². The smallest absolute Gasteiger partial charge is 0.0788 e. The molecule has 1 saturated heterocycles. The van der Waals surface area contributed by atoms with Crippen molar-refractivity contribution in [1.82, 2.24) is 4.90 Å². The number of hydrogen-bond acceptors (Lipinski definition) is 4. The van der Waals surface area contributed by atoms with Gasteiger partial charge in [-0.25, -0.2) is 0 Å². The molecule has 1 unspecified atom stereocenters. The fourth-order valence-corrected chi connectivity index (χ4v) is 1.88. The third-order valence-electron chi connectivity index (χ3n) is 2.71. The SMILES string of the molecule is CN(CC(O)CN)CC1CCOCC1. The Balaban J connectivity index is 2.14. The molecule has 0 aliphatic carbocycles. The zero-order chi connectivity index (χ0) is 10.4. The van der Waals surface area contributed by atoms with Gasteiger partial charge in [-0.05, 0) is 25.8 Å². The molecule has 0 amide bonds. The maximum absolute atomic E-state index is 9.37. The Kier molecular flexibility index (Phi) is 5.40. The van der Waals surface area contributed by atoms with E-state index in [0.29, 0.717) is 13.1 Å². The highest BCUT2D eigenvalue weighted by Crippen LogP contribution is 2.15. The highest BCUT2D eigenvalue weighted by atomic mass is 16.5. The standard InChI is InChI=1S/C10H22N2O2/c1-12(8-10(13)6-11)7-9-2-4-14-5-3-9/h9-10,13H,2-8,11H2,1H3. The Morgan fingerprint density at radius 3 is 2.71 bits per heavy atom. The first-order valence-corrected chi connectivity index (χ1v) is 5.36. The molecule has 0 spiro atoms. The Hall–Kier alpha value is -0.160. The van der Waals surface area contributed by atoms with Crippen LogP contribution in [0.5, 0.6) is 0 Å². The van der Waals surface area contributed by atoms with Gasteiger partial charge in [0, 0.05) is 32.8 Å². The summed E-state index contributed by atoms with van der Waals surface area (Å²) in [6.07, 6.45) is 1.89. The second kappa shape index (κ2) is 6.35. The first kappa shape index (κ1) is 11.9. The van der Waals surface area contributed by atoms with Crippen molar-refractivity contribution in [1.29, 1.82) is 0 Å². The largest absolute Gasteiger partial charge is 0.390 e. The van der Waals surface area contributed by atoms with Crippen LogP contribution in [-0.4, -0.2) is 56.0 Å². The summed E-state index contributed by atoms with van der Waals surface area (Å²) in [5.74, 6) is 0.721. The quantitative estimate of drug-likeness (QED) is 0.640. The molecule has 1 rings (SSSR count). The fourth-order valence-electron chi connectivity index (χ4n) is 1.88. The Labute approximate surface area is 86.0 Å². The van der Waals surface area contributed by atoms with Crippen LogP contribution in [0.2, 0.25) is 0 Å². The molecule has 0 saturated carbocycles. The minimum absolute atomic E-state index is 0.345. The van der Waals surface area contributed by atoms with Gasteiger partial charge in [-0.3, -0.25) is 0 Å². The first-order chi connectivity index (χ1) is 6.72. The molecule has 3 N–H and O–H groups in total. The number of hydrogen-bond donors (Lipinski definition) is 2. The topological polar surface area (TPSA) is 58.7 Å². The molecule has 0 aromatic carbocycles.